The maximum atomic E-state index is 12.9. The maximum absolute atomic E-state index is 12.9. The van der Waals surface area contributed by atoms with Crippen molar-refractivity contribution in [2.45, 2.75) is 24.6 Å². The Morgan fingerprint density at radius 2 is 1.39 bits per heavy atom. The molecule has 3 aromatic rings. The van der Waals surface area contributed by atoms with Crippen molar-refractivity contribution in [3.63, 3.8) is 0 Å². The van der Waals surface area contributed by atoms with Crippen LogP contribution in [-0.4, -0.2) is 40.1 Å². The van der Waals surface area contributed by atoms with Crippen molar-refractivity contribution in [1.82, 2.24) is 10.6 Å². The van der Waals surface area contributed by atoms with Gasteiger partial charge in [-0.25, -0.2) is 4.79 Å². The average Bonchev–Trinajstić information content (AvgIpc) is 2.83. The molecule has 0 fully saturated rings. The van der Waals surface area contributed by atoms with E-state index in [0.29, 0.717) is 16.7 Å². The SMILES string of the molecule is O=C(N[C@@H](c1ccccc1)[C@@H](O)C(=O)N[C@@H](Cc1ccc(Br)cc1)C(=O)O)c1ccccc1. The molecule has 8 heteroatoms. The predicted molar refractivity (Wildman–Crippen MR) is 127 cm³/mol. The Hall–Kier alpha value is -3.49. The minimum absolute atomic E-state index is 0.0352. The second-order valence-corrected chi connectivity index (χ2v) is 8.32. The van der Waals surface area contributed by atoms with Gasteiger partial charge in [-0.2, -0.15) is 0 Å². The predicted octanol–water partition coefficient (Wildman–Crippen LogP) is 3.09. The van der Waals surface area contributed by atoms with Gasteiger partial charge in [0.05, 0.1) is 6.04 Å². The molecular weight excluding hydrogens is 488 g/mol. The first-order valence-corrected chi connectivity index (χ1v) is 11.0. The highest BCUT2D eigenvalue weighted by Crippen LogP contribution is 2.19. The van der Waals surface area contributed by atoms with Crippen LogP contribution < -0.4 is 10.6 Å². The fourth-order valence-corrected chi connectivity index (χ4v) is 3.55. The summed E-state index contributed by atoms with van der Waals surface area (Å²) in [4.78, 5) is 37.3. The summed E-state index contributed by atoms with van der Waals surface area (Å²) in [5.41, 5.74) is 1.58. The first-order valence-electron chi connectivity index (χ1n) is 10.2. The number of carbonyl (C=O) groups is 3. The van der Waals surface area contributed by atoms with Crippen molar-refractivity contribution < 1.29 is 24.6 Å². The molecule has 0 saturated carbocycles. The Kier molecular flexibility index (Phi) is 8.34. The van der Waals surface area contributed by atoms with Crippen LogP contribution in [0.25, 0.3) is 0 Å². The fourth-order valence-electron chi connectivity index (χ4n) is 3.28. The molecule has 33 heavy (non-hydrogen) atoms. The van der Waals surface area contributed by atoms with Gasteiger partial charge >= 0.3 is 5.97 Å². The van der Waals surface area contributed by atoms with E-state index in [-0.39, 0.29) is 6.42 Å². The number of aliphatic hydroxyl groups is 1. The number of hydrogen-bond donors (Lipinski definition) is 4. The van der Waals surface area contributed by atoms with E-state index in [1.54, 1.807) is 84.9 Å². The number of aliphatic carboxylic acids is 1. The number of carboxylic acid groups (broad SMARTS) is 1. The summed E-state index contributed by atoms with van der Waals surface area (Å²) in [6.45, 7) is 0. The Balaban J connectivity index is 1.78. The summed E-state index contributed by atoms with van der Waals surface area (Å²) in [6.07, 6.45) is -1.68. The van der Waals surface area contributed by atoms with E-state index in [4.69, 9.17) is 0 Å². The molecule has 0 aliphatic rings. The fraction of sp³-hybridized carbons (Fsp3) is 0.160. The highest BCUT2D eigenvalue weighted by Gasteiger charge is 2.32. The van der Waals surface area contributed by atoms with E-state index in [2.05, 4.69) is 26.6 Å². The van der Waals surface area contributed by atoms with Crippen LogP contribution in [0.15, 0.2) is 89.4 Å². The van der Waals surface area contributed by atoms with Gasteiger partial charge in [0, 0.05) is 16.5 Å². The van der Waals surface area contributed by atoms with Crippen molar-refractivity contribution in [2.75, 3.05) is 0 Å². The molecule has 0 bridgehead atoms. The number of carboxylic acids is 1. The van der Waals surface area contributed by atoms with E-state index < -0.39 is 36.0 Å². The van der Waals surface area contributed by atoms with Crippen LogP contribution >= 0.6 is 15.9 Å². The first kappa shape index (κ1) is 24.2. The lowest BCUT2D eigenvalue weighted by Crippen LogP contribution is -2.50. The summed E-state index contributed by atoms with van der Waals surface area (Å²) in [7, 11) is 0. The zero-order valence-electron chi connectivity index (χ0n) is 17.5. The minimum Gasteiger partial charge on any atom is -0.480 e. The summed E-state index contributed by atoms with van der Waals surface area (Å²) < 4.78 is 0.845. The third-order valence-electron chi connectivity index (χ3n) is 5.03. The molecule has 7 nitrogen and oxygen atoms in total. The van der Waals surface area contributed by atoms with Crippen LogP contribution in [0.1, 0.15) is 27.5 Å². The van der Waals surface area contributed by atoms with Gasteiger partial charge in [0.25, 0.3) is 11.8 Å². The topological polar surface area (TPSA) is 116 Å². The lowest BCUT2D eigenvalue weighted by atomic mass is 9.99. The van der Waals surface area contributed by atoms with Crippen LogP contribution in [0.5, 0.6) is 0 Å². The Morgan fingerprint density at radius 3 is 1.97 bits per heavy atom. The normalized spacial score (nSPS) is 13.4. The van der Waals surface area contributed by atoms with Crippen molar-refractivity contribution in [2.24, 2.45) is 0 Å². The van der Waals surface area contributed by atoms with Gasteiger partial charge in [0.2, 0.25) is 0 Å². The van der Waals surface area contributed by atoms with Crippen molar-refractivity contribution in [3.8, 4) is 0 Å². The molecular formula is C25H23BrN2O5. The highest BCUT2D eigenvalue weighted by molar-refractivity contribution is 9.10. The quantitative estimate of drug-likeness (QED) is 0.353. The molecule has 0 saturated heterocycles. The van der Waals surface area contributed by atoms with Gasteiger partial charge in [-0.3, -0.25) is 9.59 Å². The molecule has 0 aliphatic carbocycles. The van der Waals surface area contributed by atoms with E-state index in [9.17, 15) is 24.6 Å². The second kappa shape index (κ2) is 11.4. The molecule has 0 heterocycles. The number of halogens is 1. The third-order valence-corrected chi connectivity index (χ3v) is 5.56. The number of benzene rings is 3. The highest BCUT2D eigenvalue weighted by atomic mass is 79.9. The smallest absolute Gasteiger partial charge is 0.326 e. The molecule has 3 aromatic carbocycles. The van der Waals surface area contributed by atoms with E-state index >= 15 is 0 Å². The summed E-state index contributed by atoms with van der Waals surface area (Å²) in [5.74, 6) is -2.61. The van der Waals surface area contributed by atoms with Crippen LogP contribution in [0.4, 0.5) is 0 Å². The molecule has 0 aromatic heterocycles. The van der Waals surface area contributed by atoms with E-state index in [0.717, 1.165) is 4.47 Å². The van der Waals surface area contributed by atoms with Gasteiger partial charge < -0.3 is 20.8 Å². The van der Waals surface area contributed by atoms with Crippen molar-refractivity contribution >= 4 is 33.7 Å². The number of carbonyl (C=O) groups excluding carboxylic acids is 2. The average molecular weight is 511 g/mol. The molecule has 2 amide bonds. The number of rotatable bonds is 9. The standard InChI is InChI=1S/C25H23BrN2O5/c26-19-13-11-16(12-14-19)15-20(25(32)33)27-24(31)22(29)21(17-7-3-1-4-8-17)28-23(30)18-9-5-2-6-10-18/h1-14,20-22,29H,15H2,(H,27,31)(H,28,30)(H,32,33)/t20-,21-,22+/m0/s1. The lowest BCUT2D eigenvalue weighted by Gasteiger charge is -2.25. The van der Waals surface area contributed by atoms with Crippen LogP contribution in [-0.2, 0) is 16.0 Å². The molecule has 3 atom stereocenters. The van der Waals surface area contributed by atoms with E-state index in [1.807, 2.05) is 0 Å². The molecule has 4 N–H and O–H groups in total. The number of hydrogen-bond acceptors (Lipinski definition) is 4. The monoisotopic (exact) mass is 510 g/mol. The second-order valence-electron chi connectivity index (χ2n) is 7.40. The molecule has 3 rings (SSSR count). The van der Waals surface area contributed by atoms with Crippen molar-refractivity contribution in [3.05, 3.63) is 106 Å². The van der Waals surface area contributed by atoms with Gasteiger partial charge in [0.1, 0.15) is 6.04 Å². The van der Waals surface area contributed by atoms with Gasteiger partial charge in [-0.1, -0.05) is 76.6 Å². The summed E-state index contributed by atoms with van der Waals surface area (Å²) >= 11 is 3.32. The van der Waals surface area contributed by atoms with Gasteiger partial charge in [-0.15, -0.1) is 0 Å². The van der Waals surface area contributed by atoms with E-state index in [1.165, 1.54) is 0 Å². The Labute approximate surface area is 199 Å². The number of aliphatic hydroxyl groups excluding tert-OH is 1. The first-order chi connectivity index (χ1) is 15.8. The third kappa shape index (κ3) is 6.74. The Bertz CT molecular complexity index is 1090. The minimum atomic E-state index is -1.72. The van der Waals surface area contributed by atoms with Gasteiger partial charge in [0.15, 0.2) is 6.10 Å². The van der Waals surface area contributed by atoms with Crippen LogP contribution in [0.2, 0.25) is 0 Å². The molecule has 0 spiro atoms. The van der Waals surface area contributed by atoms with Crippen LogP contribution in [0, 0.1) is 0 Å². The summed E-state index contributed by atoms with van der Waals surface area (Å²) in [6, 6.07) is 21.6. The number of amides is 2. The molecule has 0 unspecified atom stereocenters. The Morgan fingerprint density at radius 1 is 0.818 bits per heavy atom. The molecule has 0 radical (unpaired) electrons. The van der Waals surface area contributed by atoms with Crippen LogP contribution in [0.3, 0.4) is 0 Å². The number of nitrogens with one attached hydrogen (secondary N) is 2. The lowest BCUT2D eigenvalue weighted by molar-refractivity contribution is -0.143. The zero-order valence-corrected chi connectivity index (χ0v) is 19.1. The van der Waals surface area contributed by atoms with Gasteiger partial charge in [-0.05, 0) is 35.4 Å². The molecule has 170 valence electrons. The largest absolute Gasteiger partial charge is 0.480 e. The molecule has 0 aliphatic heterocycles. The summed E-state index contributed by atoms with van der Waals surface area (Å²) in [5, 5.41) is 25.5. The zero-order chi connectivity index (χ0) is 23.8. The maximum Gasteiger partial charge on any atom is 0.326 e. The van der Waals surface area contributed by atoms with Crippen molar-refractivity contribution in [1.29, 1.82) is 0 Å².